The fourth-order valence-electron chi connectivity index (χ4n) is 2.12. The van der Waals surface area contributed by atoms with E-state index in [0.717, 1.165) is 5.56 Å². The SMILES string of the molecule is C/C=C/c1ccc(OCC(=O)Nc2ccc(C#N)c(Cl)c2)c(OC)c1. The summed E-state index contributed by atoms with van der Waals surface area (Å²) in [5.41, 5.74) is 1.82. The number of nitriles is 1. The quantitative estimate of drug-likeness (QED) is 0.838. The zero-order valence-electron chi connectivity index (χ0n) is 13.9. The van der Waals surface area contributed by atoms with Crippen molar-refractivity contribution in [2.24, 2.45) is 0 Å². The minimum atomic E-state index is -0.347. The van der Waals surface area contributed by atoms with Gasteiger partial charge in [0.05, 0.1) is 17.7 Å². The number of amides is 1. The normalized spacial score (nSPS) is 10.3. The number of rotatable bonds is 6. The minimum Gasteiger partial charge on any atom is -0.493 e. The Morgan fingerprint density at radius 3 is 2.72 bits per heavy atom. The van der Waals surface area contributed by atoms with E-state index in [0.29, 0.717) is 22.7 Å². The van der Waals surface area contributed by atoms with Crippen LogP contribution in [0.25, 0.3) is 6.08 Å². The molecule has 0 aromatic heterocycles. The Kier molecular flexibility index (Phi) is 6.44. The fourth-order valence-corrected chi connectivity index (χ4v) is 2.35. The van der Waals surface area contributed by atoms with Gasteiger partial charge in [0.2, 0.25) is 0 Å². The Labute approximate surface area is 151 Å². The molecule has 0 heterocycles. The number of carbonyl (C=O) groups is 1. The fraction of sp³-hybridized carbons (Fsp3) is 0.158. The van der Waals surface area contributed by atoms with E-state index < -0.39 is 0 Å². The molecule has 2 rings (SSSR count). The van der Waals surface area contributed by atoms with E-state index in [1.165, 1.54) is 6.07 Å². The summed E-state index contributed by atoms with van der Waals surface area (Å²) in [7, 11) is 1.54. The van der Waals surface area contributed by atoms with Crippen LogP contribution in [0.4, 0.5) is 5.69 Å². The summed E-state index contributed by atoms with van der Waals surface area (Å²) in [6.07, 6.45) is 3.86. The third kappa shape index (κ3) is 5.00. The molecule has 0 aliphatic carbocycles. The number of anilines is 1. The van der Waals surface area contributed by atoms with E-state index in [2.05, 4.69) is 5.32 Å². The number of allylic oxidation sites excluding steroid dienone is 1. The van der Waals surface area contributed by atoms with Crippen molar-refractivity contribution in [3.63, 3.8) is 0 Å². The Morgan fingerprint density at radius 1 is 1.28 bits per heavy atom. The second-order valence-electron chi connectivity index (χ2n) is 5.05. The molecule has 0 aliphatic heterocycles. The number of benzene rings is 2. The van der Waals surface area contributed by atoms with Gasteiger partial charge in [0.15, 0.2) is 18.1 Å². The second-order valence-corrected chi connectivity index (χ2v) is 5.46. The smallest absolute Gasteiger partial charge is 0.262 e. The molecule has 0 unspecified atom stereocenters. The maximum atomic E-state index is 12.0. The molecule has 1 N–H and O–H groups in total. The minimum absolute atomic E-state index is 0.184. The van der Waals surface area contributed by atoms with Gasteiger partial charge in [0.25, 0.3) is 5.91 Å². The molecule has 0 bridgehead atoms. The van der Waals surface area contributed by atoms with Crippen LogP contribution in [0.5, 0.6) is 11.5 Å². The van der Waals surface area contributed by atoms with Gasteiger partial charge in [0, 0.05) is 5.69 Å². The van der Waals surface area contributed by atoms with Crippen LogP contribution < -0.4 is 14.8 Å². The molecule has 0 saturated carbocycles. The predicted molar refractivity (Wildman–Crippen MR) is 98.0 cm³/mol. The first-order valence-electron chi connectivity index (χ1n) is 7.50. The van der Waals surface area contributed by atoms with Gasteiger partial charge in [-0.2, -0.15) is 5.26 Å². The predicted octanol–water partition coefficient (Wildman–Crippen LogP) is 4.27. The highest BCUT2D eigenvalue weighted by Crippen LogP contribution is 2.28. The van der Waals surface area contributed by atoms with Crippen molar-refractivity contribution in [1.82, 2.24) is 0 Å². The number of ether oxygens (including phenoxy) is 2. The Bertz CT molecular complexity index is 841. The van der Waals surface area contributed by atoms with E-state index in [-0.39, 0.29) is 17.5 Å². The highest BCUT2D eigenvalue weighted by molar-refractivity contribution is 6.32. The Hall–Kier alpha value is -2.97. The highest BCUT2D eigenvalue weighted by atomic mass is 35.5. The topological polar surface area (TPSA) is 71.3 Å². The number of methoxy groups -OCH3 is 1. The monoisotopic (exact) mass is 356 g/mol. The van der Waals surface area contributed by atoms with Crippen LogP contribution in [-0.2, 0) is 4.79 Å². The summed E-state index contributed by atoms with van der Waals surface area (Å²) in [5, 5.41) is 11.8. The number of nitrogens with one attached hydrogen (secondary N) is 1. The molecule has 6 heteroatoms. The lowest BCUT2D eigenvalue weighted by atomic mass is 10.2. The molecular formula is C19H17ClN2O3. The molecule has 25 heavy (non-hydrogen) atoms. The van der Waals surface area contributed by atoms with E-state index >= 15 is 0 Å². The molecule has 1 amide bonds. The molecule has 0 spiro atoms. The van der Waals surface area contributed by atoms with Gasteiger partial charge in [-0.25, -0.2) is 0 Å². The van der Waals surface area contributed by atoms with Crippen LogP contribution >= 0.6 is 11.6 Å². The first kappa shape index (κ1) is 18.4. The maximum absolute atomic E-state index is 12.0. The van der Waals surface area contributed by atoms with Crippen LogP contribution in [-0.4, -0.2) is 19.6 Å². The van der Waals surface area contributed by atoms with Gasteiger partial charge >= 0.3 is 0 Å². The average Bonchev–Trinajstić information content (AvgIpc) is 2.61. The van der Waals surface area contributed by atoms with Crippen LogP contribution in [0.1, 0.15) is 18.1 Å². The Balaban J connectivity index is 2.00. The lowest BCUT2D eigenvalue weighted by Gasteiger charge is -2.12. The van der Waals surface area contributed by atoms with Crippen LogP contribution in [0.2, 0.25) is 5.02 Å². The summed E-state index contributed by atoms with van der Waals surface area (Å²) in [4.78, 5) is 12.0. The summed E-state index contributed by atoms with van der Waals surface area (Å²) >= 11 is 5.94. The van der Waals surface area contributed by atoms with Crippen LogP contribution in [0.3, 0.4) is 0 Å². The summed E-state index contributed by atoms with van der Waals surface area (Å²) in [6, 6.07) is 12.1. The molecule has 0 aliphatic rings. The van der Waals surface area contributed by atoms with Crippen LogP contribution in [0.15, 0.2) is 42.5 Å². The third-order valence-corrected chi connectivity index (χ3v) is 3.59. The summed E-state index contributed by atoms with van der Waals surface area (Å²) < 4.78 is 10.8. The largest absolute Gasteiger partial charge is 0.493 e. The number of hydrogen-bond donors (Lipinski definition) is 1. The molecule has 128 valence electrons. The second kappa shape index (κ2) is 8.76. The molecule has 5 nitrogen and oxygen atoms in total. The van der Waals surface area contributed by atoms with Crippen molar-refractivity contribution < 1.29 is 14.3 Å². The van der Waals surface area contributed by atoms with E-state index in [4.69, 9.17) is 26.3 Å². The average molecular weight is 357 g/mol. The van der Waals surface area contributed by atoms with E-state index in [1.807, 2.05) is 37.3 Å². The van der Waals surface area contributed by atoms with Gasteiger partial charge < -0.3 is 14.8 Å². The molecule has 0 fully saturated rings. The van der Waals surface area contributed by atoms with Crippen molar-refractivity contribution in [3.05, 3.63) is 58.6 Å². The van der Waals surface area contributed by atoms with Gasteiger partial charge in [-0.05, 0) is 42.8 Å². The number of carbonyl (C=O) groups excluding carboxylic acids is 1. The standard InChI is InChI=1S/C19H17ClN2O3/c1-3-4-13-5-8-17(18(9-13)24-2)25-12-19(23)22-15-7-6-14(11-21)16(20)10-15/h3-10H,12H2,1-2H3,(H,22,23)/b4-3+. The van der Waals surface area contributed by atoms with Crippen molar-refractivity contribution >= 4 is 29.3 Å². The van der Waals surface area contributed by atoms with Gasteiger partial charge in [-0.15, -0.1) is 0 Å². The van der Waals surface area contributed by atoms with Crippen molar-refractivity contribution in [2.45, 2.75) is 6.92 Å². The molecule has 0 radical (unpaired) electrons. The molecule has 2 aromatic rings. The first-order chi connectivity index (χ1) is 12.1. The third-order valence-electron chi connectivity index (χ3n) is 3.28. The zero-order chi connectivity index (χ0) is 18.2. The molecular weight excluding hydrogens is 340 g/mol. The lowest BCUT2D eigenvalue weighted by molar-refractivity contribution is -0.118. The van der Waals surface area contributed by atoms with Gasteiger partial charge in [-0.1, -0.05) is 29.8 Å². The maximum Gasteiger partial charge on any atom is 0.262 e. The molecule has 0 saturated heterocycles. The first-order valence-corrected chi connectivity index (χ1v) is 7.88. The van der Waals surface area contributed by atoms with E-state index in [9.17, 15) is 4.79 Å². The highest BCUT2D eigenvalue weighted by Gasteiger charge is 2.09. The lowest BCUT2D eigenvalue weighted by Crippen LogP contribution is -2.20. The van der Waals surface area contributed by atoms with Gasteiger partial charge in [0.1, 0.15) is 6.07 Å². The summed E-state index contributed by atoms with van der Waals surface area (Å²) in [6.45, 7) is 1.74. The molecule has 0 atom stereocenters. The number of hydrogen-bond acceptors (Lipinski definition) is 4. The van der Waals surface area contributed by atoms with Crippen molar-refractivity contribution in [1.29, 1.82) is 5.26 Å². The van der Waals surface area contributed by atoms with E-state index in [1.54, 1.807) is 25.3 Å². The van der Waals surface area contributed by atoms with Crippen molar-refractivity contribution in [2.75, 3.05) is 19.0 Å². The summed E-state index contributed by atoms with van der Waals surface area (Å²) in [5.74, 6) is 0.675. The zero-order valence-corrected chi connectivity index (χ0v) is 14.6. The molecule has 2 aromatic carbocycles. The number of halogens is 1. The number of nitrogens with zero attached hydrogens (tertiary/aromatic N) is 1. The Morgan fingerprint density at radius 2 is 2.08 bits per heavy atom. The van der Waals surface area contributed by atoms with Crippen molar-refractivity contribution in [3.8, 4) is 17.6 Å². The van der Waals surface area contributed by atoms with Gasteiger partial charge in [-0.3, -0.25) is 4.79 Å². The van der Waals surface area contributed by atoms with Crippen LogP contribution in [0, 0.1) is 11.3 Å².